The Morgan fingerprint density at radius 3 is 2.85 bits per heavy atom. The lowest BCUT2D eigenvalue weighted by molar-refractivity contribution is 0.804. The molecule has 3 nitrogen and oxygen atoms in total. The van der Waals surface area contributed by atoms with Crippen LogP contribution in [-0.2, 0) is 0 Å². The van der Waals surface area contributed by atoms with Gasteiger partial charge >= 0.3 is 0 Å². The first kappa shape index (κ1) is 8.23. The normalized spacial score (nSPS) is 11.4. The summed E-state index contributed by atoms with van der Waals surface area (Å²) in [6.07, 6.45) is 5.76. The number of rotatable bonds is 1. The molecule has 2 heterocycles. The van der Waals surface area contributed by atoms with Crippen molar-refractivity contribution < 1.29 is 0 Å². The van der Waals surface area contributed by atoms with Crippen LogP contribution in [0.15, 0.2) is 18.6 Å². The van der Waals surface area contributed by atoms with Crippen LogP contribution in [0.2, 0.25) is 0 Å². The first-order valence-electron chi connectivity index (χ1n) is 4.48. The summed E-state index contributed by atoms with van der Waals surface area (Å²) in [6.45, 7) is 6.38. The Morgan fingerprint density at radius 1 is 1.38 bits per heavy atom. The van der Waals surface area contributed by atoms with Gasteiger partial charge < -0.3 is 0 Å². The molecule has 0 saturated heterocycles. The topological polar surface area (TPSA) is 30.2 Å². The summed E-state index contributed by atoms with van der Waals surface area (Å²) in [4.78, 5) is 8.64. The maximum atomic E-state index is 4.49. The molecule has 0 unspecified atom stereocenters. The Balaban J connectivity index is 2.69. The van der Waals surface area contributed by atoms with Crippen LogP contribution in [-0.4, -0.2) is 14.4 Å². The second-order valence-electron chi connectivity index (χ2n) is 3.60. The van der Waals surface area contributed by atoms with Gasteiger partial charge in [-0.1, -0.05) is 13.8 Å². The molecule has 0 saturated carbocycles. The molecule has 0 aliphatic heterocycles. The summed E-state index contributed by atoms with van der Waals surface area (Å²) in [5.74, 6) is 1.25. The molecule has 0 N–H and O–H groups in total. The third kappa shape index (κ3) is 1.30. The summed E-state index contributed by atoms with van der Waals surface area (Å²) in [6, 6.07) is 0. The lowest BCUT2D eigenvalue weighted by Crippen LogP contribution is -2.00. The molecule has 68 valence electrons. The summed E-state index contributed by atoms with van der Waals surface area (Å²) in [5.41, 5.74) is 2.36. The Labute approximate surface area is 77.4 Å². The molecule has 13 heavy (non-hydrogen) atoms. The fraction of sp³-hybridized carbons (Fsp3) is 0.400. The first-order valence-corrected chi connectivity index (χ1v) is 4.48. The van der Waals surface area contributed by atoms with Crippen LogP contribution in [0.5, 0.6) is 0 Å². The van der Waals surface area contributed by atoms with Gasteiger partial charge in [0, 0.05) is 18.6 Å². The van der Waals surface area contributed by atoms with Gasteiger partial charge in [0.2, 0.25) is 5.78 Å². The predicted molar refractivity (Wildman–Crippen MR) is 51.8 cm³/mol. The van der Waals surface area contributed by atoms with Crippen LogP contribution in [0.4, 0.5) is 0 Å². The minimum atomic E-state index is 0.460. The van der Waals surface area contributed by atoms with E-state index in [1.807, 2.05) is 10.6 Å². The zero-order valence-corrected chi connectivity index (χ0v) is 8.15. The zero-order chi connectivity index (χ0) is 9.42. The van der Waals surface area contributed by atoms with Crippen LogP contribution in [0.25, 0.3) is 5.78 Å². The van der Waals surface area contributed by atoms with Gasteiger partial charge in [0.1, 0.15) is 0 Å². The minimum Gasteiger partial charge on any atom is -0.291 e. The largest absolute Gasteiger partial charge is 0.291 e. The molecule has 2 rings (SSSR count). The second-order valence-corrected chi connectivity index (χ2v) is 3.60. The lowest BCUT2D eigenvalue weighted by Gasteiger charge is -2.08. The Morgan fingerprint density at radius 2 is 2.15 bits per heavy atom. The van der Waals surface area contributed by atoms with E-state index in [1.165, 1.54) is 5.56 Å². The highest BCUT2D eigenvalue weighted by atomic mass is 15.1. The van der Waals surface area contributed by atoms with Gasteiger partial charge in [-0.2, -0.15) is 0 Å². The fourth-order valence-electron chi connectivity index (χ4n) is 1.55. The van der Waals surface area contributed by atoms with Crippen LogP contribution in [0.3, 0.4) is 0 Å². The number of imidazole rings is 1. The van der Waals surface area contributed by atoms with Crippen LogP contribution in [0, 0.1) is 6.92 Å². The zero-order valence-electron chi connectivity index (χ0n) is 8.15. The monoisotopic (exact) mass is 175 g/mol. The summed E-state index contributed by atoms with van der Waals surface area (Å²) < 4.78 is 1.95. The van der Waals surface area contributed by atoms with E-state index >= 15 is 0 Å². The Bertz CT molecular complexity index is 429. The van der Waals surface area contributed by atoms with Crippen LogP contribution in [0.1, 0.15) is 31.0 Å². The smallest absolute Gasteiger partial charge is 0.233 e. The van der Waals surface area contributed by atoms with E-state index in [4.69, 9.17) is 0 Å². The molecular formula is C10H13N3. The molecule has 0 aromatic carbocycles. The fourth-order valence-corrected chi connectivity index (χ4v) is 1.55. The number of fused-ring (bicyclic) bond motifs is 1. The second kappa shape index (κ2) is 2.83. The molecule has 0 atom stereocenters. The van der Waals surface area contributed by atoms with Crippen molar-refractivity contribution in [2.75, 3.05) is 0 Å². The van der Waals surface area contributed by atoms with E-state index in [0.717, 1.165) is 11.5 Å². The van der Waals surface area contributed by atoms with Crippen LogP contribution < -0.4 is 0 Å². The van der Waals surface area contributed by atoms with Crippen molar-refractivity contribution >= 4 is 5.78 Å². The maximum absolute atomic E-state index is 4.49. The predicted octanol–water partition coefficient (Wildman–Crippen LogP) is 2.16. The third-order valence-corrected chi connectivity index (χ3v) is 2.15. The standard InChI is InChI=1S/C10H13N3/c1-7(2)9-8(3)6-13-5-4-11-10(13)12-9/h4-7H,1-3H3. The number of aryl methyl sites for hydroxylation is 1. The summed E-state index contributed by atoms with van der Waals surface area (Å²) >= 11 is 0. The van der Waals surface area contributed by atoms with Gasteiger partial charge in [0.05, 0.1) is 5.69 Å². The summed E-state index contributed by atoms with van der Waals surface area (Å²) in [5, 5.41) is 0. The molecule has 0 aliphatic rings. The van der Waals surface area contributed by atoms with E-state index in [1.54, 1.807) is 6.20 Å². The quantitative estimate of drug-likeness (QED) is 0.664. The van der Waals surface area contributed by atoms with E-state index in [-0.39, 0.29) is 0 Å². The molecule has 0 radical (unpaired) electrons. The third-order valence-electron chi connectivity index (χ3n) is 2.15. The minimum absolute atomic E-state index is 0.460. The summed E-state index contributed by atoms with van der Waals surface area (Å²) in [7, 11) is 0. The van der Waals surface area contributed by atoms with Gasteiger partial charge in [0.25, 0.3) is 0 Å². The van der Waals surface area contributed by atoms with Crippen molar-refractivity contribution in [1.29, 1.82) is 0 Å². The van der Waals surface area contributed by atoms with Gasteiger partial charge in [0.15, 0.2) is 0 Å². The number of nitrogens with zero attached hydrogens (tertiary/aromatic N) is 3. The van der Waals surface area contributed by atoms with Gasteiger partial charge in [-0.3, -0.25) is 4.40 Å². The van der Waals surface area contributed by atoms with E-state index < -0.39 is 0 Å². The maximum Gasteiger partial charge on any atom is 0.233 e. The molecule has 0 bridgehead atoms. The van der Waals surface area contributed by atoms with Crippen LogP contribution >= 0.6 is 0 Å². The number of hydrogen-bond acceptors (Lipinski definition) is 2. The lowest BCUT2D eigenvalue weighted by atomic mass is 10.1. The molecule has 0 fully saturated rings. The molecule has 3 heteroatoms. The van der Waals surface area contributed by atoms with Gasteiger partial charge in [-0.15, -0.1) is 0 Å². The molecule has 0 aliphatic carbocycles. The molecule has 0 spiro atoms. The number of hydrogen-bond donors (Lipinski definition) is 0. The average Bonchev–Trinajstić information content (AvgIpc) is 2.48. The van der Waals surface area contributed by atoms with Crippen molar-refractivity contribution in [2.45, 2.75) is 26.7 Å². The van der Waals surface area contributed by atoms with Crippen molar-refractivity contribution in [3.05, 3.63) is 29.8 Å². The highest BCUT2D eigenvalue weighted by Gasteiger charge is 2.06. The number of aromatic nitrogens is 3. The van der Waals surface area contributed by atoms with Crippen molar-refractivity contribution in [1.82, 2.24) is 14.4 Å². The Kier molecular flexibility index (Phi) is 1.79. The van der Waals surface area contributed by atoms with E-state index in [0.29, 0.717) is 5.92 Å². The Hall–Kier alpha value is -1.38. The van der Waals surface area contributed by atoms with Crippen molar-refractivity contribution in [3.8, 4) is 0 Å². The van der Waals surface area contributed by atoms with E-state index in [9.17, 15) is 0 Å². The molecule has 0 amide bonds. The van der Waals surface area contributed by atoms with Crippen molar-refractivity contribution in [2.24, 2.45) is 0 Å². The highest BCUT2D eigenvalue weighted by molar-refractivity contribution is 5.33. The molecule has 2 aromatic heterocycles. The van der Waals surface area contributed by atoms with E-state index in [2.05, 4.69) is 36.9 Å². The first-order chi connectivity index (χ1) is 6.18. The SMILES string of the molecule is Cc1cn2ccnc2nc1C(C)C. The highest BCUT2D eigenvalue weighted by Crippen LogP contribution is 2.16. The van der Waals surface area contributed by atoms with Gasteiger partial charge in [-0.05, 0) is 18.4 Å². The molecular weight excluding hydrogens is 162 g/mol. The molecule has 2 aromatic rings. The van der Waals surface area contributed by atoms with Crippen molar-refractivity contribution in [3.63, 3.8) is 0 Å². The average molecular weight is 175 g/mol. The van der Waals surface area contributed by atoms with Gasteiger partial charge in [-0.25, -0.2) is 9.97 Å².